The first-order valence-corrected chi connectivity index (χ1v) is 0.733. The molecule has 0 unspecified atom stereocenters. The van der Waals surface area contributed by atoms with Crippen LogP contribution in [-0.4, -0.2) is 65.7 Å². The van der Waals surface area contributed by atoms with Crippen LogP contribution in [0.3, 0.4) is 0 Å². The van der Waals surface area contributed by atoms with Gasteiger partial charge in [0.25, 0.3) is 0 Å². The van der Waals surface area contributed by atoms with Crippen LogP contribution in [0.4, 0.5) is 0 Å². The van der Waals surface area contributed by atoms with Crippen molar-refractivity contribution in [2.45, 2.75) is 171 Å². The van der Waals surface area contributed by atoms with Gasteiger partial charge in [-0.25, -0.2) is 0 Å². The fourth-order valence-electron chi connectivity index (χ4n) is 0. The van der Waals surface area contributed by atoms with Crippen molar-refractivity contribution in [3.8, 4) is 0 Å². The van der Waals surface area contributed by atoms with Gasteiger partial charge in [0.05, 0.1) is 0 Å². The van der Waals surface area contributed by atoms with E-state index in [1.54, 1.807) is 0 Å². The molecule has 0 aliphatic carbocycles. The van der Waals surface area contributed by atoms with E-state index in [0.29, 0.717) is 0 Å². The largest absolute Gasteiger partial charge is 1.00 e. The molecular weight excluding hydrogens is 616 g/mol. The molecule has 0 aromatic rings. The Morgan fingerprint density at radius 2 is 0.178 bits per heavy atom. The lowest BCUT2D eigenvalue weighted by atomic mass is 12.0. The molecule has 0 amide bonds. The molecule has 0 fully saturated rings. The van der Waals surface area contributed by atoms with Crippen molar-refractivity contribution in [1.29, 1.82) is 21.6 Å². The Morgan fingerprint density at radius 1 is 0.178 bits per heavy atom. The topological polar surface area (TPSA) is 611 Å². The van der Waals surface area contributed by atoms with Gasteiger partial charge in [-0.15, -0.1) is 0 Å². The first-order valence-electron chi connectivity index (χ1n) is 0.733. The summed E-state index contributed by atoms with van der Waals surface area (Å²) in [7, 11) is 0. The molecule has 0 atom stereocenters. The Bertz CT molecular complexity index is 163. The van der Waals surface area contributed by atoms with Crippen LogP contribution in [0.1, 0.15) is 209 Å². The molecule has 30 N–H and O–H groups in total. The maximum atomic E-state index is 7.00. The summed E-state index contributed by atoms with van der Waals surface area (Å²) in [5, 5.41) is 24.0. The molecule has 0 aromatic heterocycles. The Balaban J connectivity index is -0.0000000000346. The minimum Gasteiger partial charge on any atom is -0.412 e. The van der Waals surface area contributed by atoms with Gasteiger partial charge in [-0.3, -0.25) is 0 Å². The molecular formula is C23H149N6O16+27. The third kappa shape index (κ3) is 10200. The summed E-state index contributed by atoms with van der Waals surface area (Å²) < 4.78 is 0. The quantitative estimate of drug-likeness (QED) is 0.222. The van der Waals surface area contributed by atoms with E-state index in [1.807, 2.05) is 0 Å². The molecule has 0 aliphatic rings. The van der Waals surface area contributed by atoms with Crippen LogP contribution < -0.4 is 12.3 Å². The molecule has 0 saturated heterocycles. The monoisotopic (exact) mass is 766 g/mol. The summed E-state index contributed by atoms with van der Waals surface area (Å²) in [5.41, 5.74) is 0. The van der Waals surface area contributed by atoms with Crippen molar-refractivity contribution in [2.24, 2.45) is 0 Å². The summed E-state index contributed by atoms with van der Waals surface area (Å²) in [5.74, 6) is 0. The predicted octanol–water partition coefficient (Wildman–Crippen LogP) is 8.29. The highest BCUT2D eigenvalue weighted by molar-refractivity contribution is 4.08. The third-order valence-electron chi connectivity index (χ3n) is 0. The van der Waals surface area contributed by atoms with Crippen LogP contribution >= 0.6 is 0 Å². The molecule has 0 bridgehead atoms. The molecule has 45 heavy (non-hydrogen) atoms. The summed E-state index contributed by atoms with van der Waals surface area (Å²) in [6.07, 6.45) is 0. The van der Waals surface area contributed by atoms with Crippen LogP contribution in [0.15, 0.2) is 0 Å². The summed E-state index contributed by atoms with van der Waals surface area (Å²) >= 11 is 0. The van der Waals surface area contributed by atoms with Gasteiger partial charge in [-0.05, 0) is 0 Å². The van der Waals surface area contributed by atoms with Gasteiger partial charge in [-0.2, -0.15) is 0 Å². The SMILES string of the molecule is C.C.C.C.C.C.C.C.C.C.C.C.C.C.C.C.C.C.C.C.C.C.C.N.N.N#N.N#N.O.O.O.O.O.O.O.O.O.O.O.O.O=O.O=O.[H+].[H+].[H+].[H+].[H+].[H+].[H+].[H+].[H+].[H+].[H+].[H+].[H+].[H+].[H+].[H+].[H+].[H+].[H+].[H+].[H+].[H+].[H+].[H+].[H+].[H+].[H+]. The minimum atomic E-state index is 0. The molecule has 0 heterocycles. The molecule has 0 aliphatic heterocycles. The highest BCUT2D eigenvalue weighted by Gasteiger charge is 0.709. The molecule has 0 saturated carbocycles. The maximum absolute atomic E-state index is 7.00. The summed E-state index contributed by atoms with van der Waals surface area (Å²) in [4.78, 5) is 28.0. The highest BCUT2D eigenvalue weighted by atomic mass is 16.7. The van der Waals surface area contributed by atoms with E-state index in [-0.39, 0.29) is 287 Å². The van der Waals surface area contributed by atoms with E-state index < -0.39 is 0 Å². The van der Waals surface area contributed by atoms with Gasteiger partial charge in [0, 0.05) is 41.4 Å². The number of nitrogens with zero attached hydrogens (tertiary/aromatic N) is 4. The Hall–Kier alpha value is -2.52. The van der Waals surface area contributed by atoms with Crippen molar-refractivity contribution in [3.63, 3.8) is 0 Å². The van der Waals surface area contributed by atoms with Crippen molar-refractivity contribution in [1.82, 2.24) is 12.3 Å². The van der Waals surface area contributed by atoms with Crippen molar-refractivity contribution >= 4 is 0 Å². The average Bonchev–Trinajstić information content (AvgIpc) is 2.03. The molecule has 22 nitrogen and oxygen atoms in total. The van der Waals surface area contributed by atoms with Gasteiger partial charge < -0.3 is 78.0 Å². The van der Waals surface area contributed by atoms with Crippen molar-refractivity contribution in [3.05, 3.63) is 19.9 Å². The van der Waals surface area contributed by atoms with Gasteiger partial charge in [0.2, 0.25) is 0 Å². The number of rotatable bonds is 0. The van der Waals surface area contributed by atoms with E-state index in [0.717, 1.165) is 0 Å². The van der Waals surface area contributed by atoms with Crippen molar-refractivity contribution in [2.75, 3.05) is 0 Å². The van der Waals surface area contributed by atoms with E-state index in [2.05, 4.69) is 0 Å². The summed E-state index contributed by atoms with van der Waals surface area (Å²) in [6.45, 7) is 0. The van der Waals surface area contributed by atoms with E-state index >= 15 is 0 Å². The number of hydrogen-bond acceptors (Lipinski definition) is 10. The van der Waals surface area contributed by atoms with Gasteiger partial charge in [0.1, 0.15) is 0 Å². The van der Waals surface area contributed by atoms with Crippen LogP contribution in [-0.2, 0) is 0 Å². The lowest BCUT2D eigenvalue weighted by Crippen LogP contribution is -0.674. The molecule has 0 rings (SSSR count). The zero-order chi connectivity index (χ0) is 8.00. The highest BCUT2D eigenvalue weighted by Crippen LogP contribution is 0.743. The number of hydrogen-bond donors (Lipinski definition) is 2. The van der Waals surface area contributed by atoms with Crippen LogP contribution in [0.25, 0.3) is 0 Å². The second-order valence-electron chi connectivity index (χ2n) is 0. The van der Waals surface area contributed by atoms with E-state index in [1.165, 1.54) is 0 Å². The Kier molecular flexibility index (Phi) is 7940000. The Labute approximate surface area is 330 Å². The second kappa shape index (κ2) is 10700. The van der Waals surface area contributed by atoms with Crippen LogP contribution in [0, 0.1) is 41.4 Å². The standard InChI is InChI=1S/23CH4.2N2.2H3N.2O2.12H2O/c;;;;;;;;;;;;;;;;;;;;;;;2*1-2;;;2*1-2;;;;;;;;;;;;/h23*1H4;;;2*1H3;;;12*1H2/p+27. The zero-order valence-electron chi connectivity index (χ0n) is 37.8. The molecule has 22 heteroatoms. The molecule has 340 valence electrons. The second-order valence-corrected chi connectivity index (χ2v) is 0. The molecule has 0 spiro atoms. The zero-order valence-corrected chi connectivity index (χ0v) is 10.8. The third-order valence-corrected chi connectivity index (χ3v) is 0. The van der Waals surface area contributed by atoms with Gasteiger partial charge in [0.15, 0.2) is 0 Å². The first kappa shape index (κ1) is 33400. The molecule has 0 aromatic carbocycles. The maximum Gasteiger partial charge on any atom is 1.00 e. The summed E-state index contributed by atoms with van der Waals surface area (Å²) in [6, 6.07) is 0. The first-order chi connectivity index (χ1) is 4.00. The Morgan fingerprint density at radius 3 is 0.178 bits per heavy atom. The lowest BCUT2D eigenvalue weighted by molar-refractivity contribution is 0.823. The van der Waals surface area contributed by atoms with Crippen LogP contribution in [0.2, 0.25) is 0 Å². The van der Waals surface area contributed by atoms with E-state index in [9.17, 15) is 0 Å². The molecule has 0 radical (unpaired) electrons. The smallest absolute Gasteiger partial charge is 0.412 e. The van der Waals surface area contributed by atoms with Crippen molar-refractivity contribution < 1.29 is 104 Å². The van der Waals surface area contributed by atoms with Crippen LogP contribution in [0.5, 0.6) is 0 Å². The lowest BCUT2D eigenvalue weighted by Gasteiger charge is -0.707. The normalized spacial score (nSPS) is 0.267. The minimum absolute atomic E-state index is 0. The van der Waals surface area contributed by atoms with E-state index in [4.69, 9.17) is 41.4 Å². The van der Waals surface area contributed by atoms with Gasteiger partial charge >= 0.3 is 38.5 Å². The fourth-order valence-corrected chi connectivity index (χ4v) is 0. The average molecular weight is 766 g/mol. The predicted molar refractivity (Wildman–Crippen MR) is 259 cm³/mol. The fraction of sp³-hybridized carbons (Fsp3) is 1.00. The van der Waals surface area contributed by atoms with Gasteiger partial charge in [-0.1, -0.05) is 171 Å².